The molecule has 0 radical (unpaired) electrons. The highest BCUT2D eigenvalue weighted by Crippen LogP contribution is 2.16. The number of imidazole rings is 1. The molecule has 1 N–H and O–H groups in total. The van der Waals surface area contributed by atoms with Crippen LogP contribution in [-0.2, 0) is 16.0 Å². The van der Waals surface area contributed by atoms with E-state index in [-0.39, 0.29) is 6.61 Å². The molecule has 0 saturated heterocycles. The number of aliphatic hydroxyl groups excluding tert-OH is 1. The van der Waals surface area contributed by atoms with Crippen molar-refractivity contribution in [2.45, 2.75) is 26.7 Å². The Kier molecular flexibility index (Phi) is 5.31. The van der Waals surface area contributed by atoms with Gasteiger partial charge in [-0.25, -0.2) is 4.98 Å². The maximum atomic E-state index is 8.76. The second-order valence-electron chi connectivity index (χ2n) is 3.00. The SMILES string of the molecule is CCOC(OCC)c1cn(CCO)cn1. The number of ether oxygens (including phenoxy) is 2. The number of hydrogen-bond donors (Lipinski definition) is 1. The molecule has 0 amide bonds. The van der Waals surface area contributed by atoms with Crippen molar-refractivity contribution in [3.63, 3.8) is 0 Å². The molecule has 0 bridgehead atoms. The van der Waals surface area contributed by atoms with Crippen LogP contribution >= 0.6 is 0 Å². The van der Waals surface area contributed by atoms with Crippen molar-refractivity contribution < 1.29 is 14.6 Å². The molecule has 15 heavy (non-hydrogen) atoms. The molecule has 0 aliphatic carbocycles. The third-order valence-electron chi connectivity index (χ3n) is 1.89. The van der Waals surface area contributed by atoms with Crippen molar-refractivity contribution in [3.8, 4) is 0 Å². The van der Waals surface area contributed by atoms with Gasteiger partial charge >= 0.3 is 0 Å². The van der Waals surface area contributed by atoms with Gasteiger partial charge in [0.05, 0.1) is 12.9 Å². The van der Waals surface area contributed by atoms with Crippen molar-refractivity contribution in [2.24, 2.45) is 0 Å². The monoisotopic (exact) mass is 214 g/mol. The lowest BCUT2D eigenvalue weighted by molar-refractivity contribution is -0.142. The fraction of sp³-hybridized carbons (Fsp3) is 0.700. The quantitative estimate of drug-likeness (QED) is 0.686. The summed E-state index contributed by atoms with van der Waals surface area (Å²) in [4.78, 5) is 4.17. The zero-order valence-electron chi connectivity index (χ0n) is 9.22. The van der Waals surface area contributed by atoms with Gasteiger partial charge in [0.25, 0.3) is 0 Å². The Morgan fingerprint density at radius 3 is 2.60 bits per heavy atom. The minimum atomic E-state index is -0.403. The molecule has 1 aromatic rings. The molecule has 0 saturated carbocycles. The molecular weight excluding hydrogens is 196 g/mol. The summed E-state index contributed by atoms with van der Waals surface area (Å²) in [5.74, 6) is 0. The Morgan fingerprint density at radius 2 is 2.07 bits per heavy atom. The lowest BCUT2D eigenvalue weighted by Gasteiger charge is -2.14. The van der Waals surface area contributed by atoms with Crippen LogP contribution in [-0.4, -0.2) is 34.5 Å². The second-order valence-corrected chi connectivity index (χ2v) is 3.00. The standard InChI is InChI=1S/C10H18N2O3/c1-3-14-10(15-4-2)9-7-12(5-6-13)8-11-9/h7-8,10,13H,3-6H2,1-2H3. The zero-order valence-corrected chi connectivity index (χ0v) is 9.22. The van der Waals surface area contributed by atoms with Gasteiger partial charge in [-0.05, 0) is 13.8 Å². The fourth-order valence-corrected chi connectivity index (χ4v) is 1.26. The van der Waals surface area contributed by atoms with Crippen LogP contribution in [0.4, 0.5) is 0 Å². The van der Waals surface area contributed by atoms with Gasteiger partial charge in [0.2, 0.25) is 6.29 Å². The van der Waals surface area contributed by atoms with Crippen LogP contribution in [0.3, 0.4) is 0 Å². The van der Waals surface area contributed by atoms with Crippen LogP contribution in [0.5, 0.6) is 0 Å². The molecule has 5 heteroatoms. The van der Waals surface area contributed by atoms with E-state index in [1.807, 2.05) is 20.0 Å². The van der Waals surface area contributed by atoms with Crippen LogP contribution in [0.25, 0.3) is 0 Å². The summed E-state index contributed by atoms with van der Waals surface area (Å²) >= 11 is 0. The number of hydrogen-bond acceptors (Lipinski definition) is 4. The van der Waals surface area contributed by atoms with E-state index in [1.165, 1.54) is 0 Å². The summed E-state index contributed by atoms with van der Waals surface area (Å²) in [7, 11) is 0. The van der Waals surface area contributed by atoms with Crippen molar-refractivity contribution >= 4 is 0 Å². The van der Waals surface area contributed by atoms with Crippen molar-refractivity contribution in [1.29, 1.82) is 0 Å². The molecule has 0 aliphatic heterocycles. The lowest BCUT2D eigenvalue weighted by atomic mass is 10.4. The normalized spacial score (nSPS) is 11.2. The van der Waals surface area contributed by atoms with E-state index >= 15 is 0 Å². The summed E-state index contributed by atoms with van der Waals surface area (Å²) in [6.07, 6.45) is 3.09. The third kappa shape index (κ3) is 3.62. The van der Waals surface area contributed by atoms with Gasteiger partial charge in [-0.2, -0.15) is 0 Å². The van der Waals surface area contributed by atoms with Gasteiger partial charge < -0.3 is 19.1 Å². The summed E-state index contributed by atoms with van der Waals surface area (Å²) in [6, 6.07) is 0. The van der Waals surface area contributed by atoms with Crippen LogP contribution in [0.15, 0.2) is 12.5 Å². The first-order valence-electron chi connectivity index (χ1n) is 5.17. The minimum Gasteiger partial charge on any atom is -0.395 e. The zero-order chi connectivity index (χ0) is 11.1. The molecule has 0 atom stereocenters. The molecule has 1 rings (SSSR count). The van der Waals surface area contributed by atoms with Gasteiger partial charge in [0.15, 0.2) is 0 Å². The van der Waals surface area contributed by atoms with Crippen molar-refractivity contribution in [3.05, 3.63) is 18.2 Å². The van der Waals surface area contributed by atoms with E-state index in [2.05, 4.69) is 4.98 Å². The first kappa shape index (κ1) is 12.2. The first-order valence-corrected chi connectivity index (χ1v) is 5.17. The van der Waals surface area contributed by atoms with E-state index in [9.17, 15) is 0 Å². The highest BCUT2D eigenvalue weighted by atomic mass is 16.7. The molecule has 0 aromatic carbocycles. The van der Waals surface area contributed by atoms with E-state index in [0.717, 1.165) is 5.69 Å². The molecule has 0 aliphatic rings. The molecule has 0 spiro atoms. The molecule has 1 aromatic heterocycles. The Bertz CT molecular complexity index is 269. The fourth-order valence-electron chi connectivity index (χ4n) is 1.26. The van der Waals surface area contributed by atoms with Crippen LogP contribution in [0.2, 0.25) is 0 Å². The maximum Gasteiger partial charge on any atom is 0.202 e. The molecule has 0 unspecified atom stereocenters. The largest absolute Gasteiger partial charge is 0.395 e. The minimum absolute atomic E-state index is 0.101. The molecular formula is C10H18N2O3. The molecule has 5 nitrogen and oxygen atoms in total. The van der Waals surface area contributed by atoms with Crippen LogP contribution < -0.4 is 0 Å². The number of aromatic nitrogens is 2. The van der Waals surface area contributed by atoms with Gasteiger partial charge in [-0.1, -0.05) is 0 Å². The Balaban J connectivity index is 2.63. The van der Waals surface area contributed by atoms with Gasteiger partial charge in [0, 0.05) is 26.0 Å². The average Bonchev–Trinajstić information content (AvgIpc) is 2.67. The topological polar surface area (TPSA) is 56.5 Å². The molecule has 1 heterocycles. The van der Waals surface area contributed by atoms with Crippen LogP contribution in [0, 0.1) is 0 Å². The van der Waals surface area contributed by atoms with E-state index in [4.69, 9.17) is 14.6 Å². The Hall–Kier alpha value is -0.910. The summed E-state index contributed by atoms with van der Waals surface area (Å²) in [5, 5.41) is 8.76. The van der Waals surface area contributed by atoms with Gasteiger partial charge in [0.1, 0.15) is 5.69 Å². The lowest BCUT2D eigenvalue weighted by Crippen LogP contribution is -2.09. The Labute approximate surface area is 89.6 Å². The van der Waals surface area contributed by atoms with Gasteiger partial charge in [-0.3, -0.25) is 0 Å². The van der Waals surface area contributed by atoms with Crippen molar-refractivity contribution in [2.75, 3.05) is 19.8 Å². The number of aliphatic hydroxyl groups is 1. The van der Waals surface area contributed by atoms with E-state index < -0.39 is 6.29 Å². The predicted molar refractivity (Wildman–Crippen MR) is 55.3 cm³/mol. The third-order valence-corrected chi connectivity index (χ3v) is 1.89. The average molecular weight is 214 g/mol. The van der Waals surface area contributed by atoms with Crippen LogP contribution in [0.1, 0.15) is 25.8 Å². The molecule has 0 fully saturated rings. The first-order chi connectivity index (χ1) is 7.31. The Morgan fingerprint density at radius 1 is 1.40 bits per heavy atom. The number of rotatable bonds is 7. The predicted octanol–water partition coefficient (Wildman–Crippen LogP) is 0.947. The maximum absolute atomic E-state index is 8.76. The highest BCUT2D eigenvalue weighted by Gasteiger charge is 2.13. The van der Waals surface area contributed by atoms with Crippen molar-refractivity contribution in [1.82, 2.24) is 9.55 Å². The smallest absolute Gasteiger partial charge is 0.202 e. The molecule has 86 valence electrons. The second kappa shape index (κ2) is 6.55. The van der Waals surface area contributed by atoms with E-state index in [1.54, 1.807) is 10.9 Å². The summed E-state index contributed by atoms with van der Waals surface area (Å²) in [5.41, 5.74) is 0.743. The van der Waals surface area contributed by atoms with Gasteiger partial charge in [-0.15, -0.1) is 0 Å². The van der Waals surface area contributed by atoms with E-state index in [0.29, 0.717) is 19.8 Å². The number of nitrogens with zero attached hydrogens (tertiary/aromatic N) is 2. The summed E-state index contributed by atoms with van der Waals surface area (Å²) in [6.45, 7) is 5.63. The highest BCUT2D eigenvalue weighted by molar-refractivity contribution is 4.98. The summed E-state index contributed by atoms with van der Waals surface area (Å²) < 4.78 is 12.6.